The molecule has 0 bridgehead atoms. The molecule has 0 aliphatic heterocycles. The molecule has 122 valence electrons. The van der Waals surface area contributed by atoms with Gasteiger partial charge in [0.05, 0.1) is 17.2 Å². The molecule has 0 spiro atoms. The fourth-order valence-electron chi connectivity index (χ4n) is 3.90. The van der Waals surface area contributed by atoms with E-state index in [4.69, 9.17) is 4.98 Å². The smallest absolute Gasteiger partial charge is 0.147 e. The van der Waals surface area contributed by atoms with Gasteiger partial charge in [-0.2, -0.15) is 0 Å². The van der Waals surface area contributed by atoms with Crippen LogP contribution in [-0.4, -0.2) is 19.5 Å². The van der Waals surface area contributed by atoms with Crippen LogP contribution in [0.3, 0.4) is 0 Å². The van der Waals surface area contributed by atoms with E-state index in [0.717, 1.165) is 33.3 Å². The molecular weight excluding hydrogens is 320 g/mol. The molecule has 4 nitrogen and oxygen atoms in total. The Balaban J connectivity index is 1.84. The molecule has 0 unspecified atom stereocenters. The Morgan fingerprint density at radius 1 is 0.808 bits per heavy atom. The third-order valence-electron chi connectivity index (χ3n) is 5.06. The molecular formula is C22H14N4. The highest BCUT2D eigenvalue weighted by Gasteiger charge is 2.16. The summed E-state index contributed by atoms with van der Waals surface area (Å²) in [5.74, 6) is 1.00. The van der Waals surface area contributed by atoms with Gasteiger partial charge < -0.3 is 4.98 Å². The van der Waals surface area contributed by atoms with Crippen LogP contribution in [0.25, 0.3) is 49.4 Å². The van der Waals surface area contributed by atoms with Gasteiger partial charge in [-0.25, -0.2) is 4.98 Å². The minimum atomic E-state index is 0.962. The fraction of sp³-hybridized carbons (Fsp3) is 0. The van der Waals surface area contributed by atoms with Gasteiger partial charge in [-0.15, -0.1) is 0 Å². The van der Waals surface area contributed by atoms with E-state index in [1.807, 2.05) is 24.7 Å². The van der Waals surface area contributed by atoms with Crippen molar-refractivity contribution in [2.75, 3.05) is 0 Å². The van der Waals surface area contributed by atoms with Gasteiger partial charge in [-0.05, 0) is 23.6 Å². The lowest BCUT2D eigenvalue weighted by Gasteiger charge is -2.04. The quantitative estimate of drug-likeness (QED) is 0.449. The van der Waals surface area contributed by atoms with Crippen LogP contribution < -0.4 is 0 Å². The van der Waals surface area contributed by atoms with Crippen molar-refractivity contribution in [2.24, 2.45) is 0 Å². The molecule has 0 saturated carbocycles. The summed E-state index contributed by atoms with van der Waals surface area (Å²) in [4.78, 5) is 12.5. The molecule has 1 N–H and O–H groups in total. The Labute approximate surface area is 148 Å². The first-order valence-corrected chi connectivity index (χ1v) is 8.60. The number of benzene rings is 2. The lowest BCUT2D eigenvalue weighted by atomic mass is 10.1. The lowest BCUT2D eigenvalue weighted by molar-refractivity contribution is 1.09. The molecule has 0 amide bonds. The Morgan fingerprint density at radius 3 is 2.58 bits per heavy atom. The summed E-state index contributed by atoms with van der Waals surface area (Å²) in [6.07, 6.45) is 5.63. The number of hydrogen-bond acceptors (Lipinski definition) is 2. The number of pyridine rings is 2. The first-order chi connectivity index (χ1) is 12.9. The third-order valence-corrected chi connectivity index (χ3v) is 5.06. The molecule has 0 radical (unpaired) electrons. The molecule has 26 heavy (non-hydrogen) atoms. The second-order valence-corrected chi connectivity index (χ2v) is 6.51. The largest absolute Gasteiger partial charge is 0.340 e. The van der Waals surface area contributed by atoms with Crippen molar-refractivity contribution in [2.45, 2.75) is 0 Å². The number of aromatic nitrogens is 4. The molecule has 0 fully saturated rings. The summed E-state index contributed by atoms with van der Waals surface area (Å²) in [5, 5.41) is 5.93. The first-order valence-electron chi connectivity index (χ1n) is 8.60. The second kappa shape index (κ2) is 4.92. The van der Waals surface area contributed by atoms with Crippen LogP contribution in [0.4, 0.5) is 0 Å². The van der Waals surface area contributed by atoms with Gasteiger partial charge in [0.25, 0.3) is 0 Å². The minimum absolute atomic E-state index is 0.962. The zero-order valence-corrected chi connectivity index (χ0v) is 13.8. The average molecular weight is 334 g/mol. The normalized spacial score (nSPS) is 11.8. The number of nitrogens with one attached hydrogen (secondary N) is 1. The van der Waals surface area contributed by atoms with E-state index < -0.39 is 0 Å². The minimum Gasteiger partial charge on any atom is -0.340 e. The zero-order valence-electron chi connectivity index (χ0n) is 13.8. The highest BCUT2D eigenvalue weighted by atomic mass is 15.1. The Kier molecular flexibility index (Phi) is 2.58. The van der Waals surface area contributed by atoms with Crippen molar-refractivity contribution < 1.29 is 0 Å². The van der Waals surface area contributed by atoms with Crippen LogP contribution in [0, 0.1) is 0 Å². The van der Waals surface area contributed by atoms with E-state index in [1.54, 1.807) is 0 Å². The summed E-state index contributed by atoms with van der Waals surface area (Å²) >= 11 is 0. The standard InChI is InChI=1S/C22H14N4/c1-2-6-16-15(5-1)12-24-22-21(16)17-7-3-4-8-19(17)26(22)20-11-14-9-10-23-13-18(14)25-20/h1-13,25H. The molecule has 4 heteroatoms. The van der Waals surface area contributed by atoms with Crippen LogP contribution in [0.1, 0.15) is 0 Å². The van der Waals surface area contributed by atoms with Gasteiger partial charge in [0.15, 0.2) is 0 Å². The molecule has 4 heterocycles. The van der Waals surface area contributed by atoms with Crippen molar-refractivity contribution in [3.8, 4) is 5.82 Å². The summed E-state index contributed by atoms with van der Waals surface area (Å²) < 4.78 is 2.21. The topological polar surface area (TPSA) is 46.5 Å². The van der Waals surface area contributed by atoms with E-state index in [-0.39, 0.29) is 0 Å². The maximum absolute atomic E-state index is 4.82. The molecule has 2 aromatic carbocycles. The van der Waals surface area contributed by atoms with Gasteiger partial charge in [-0.1, -0.05) is 42.5 Å². The first kappa shape index (κ1) is 13.6. The van der Waals surface area contributed by atoms with Crippen LogP contribution in [0.15, 0.2) is 79.3 Å². The number of rotatable bonds is 1. The predicted octanol–water partition coefficient (Wildman–Crippen LogP) is 5.21. The van der Waals surface area contributed by atoms with Gasteiger partial charge in [0.2, 0.25) is 0 Å². The molecule has 0 atom stereocenters. The highest BCUT2D eigenvalue weighted by molar-refractivity contribution is 6.19. The van der Waals surface area contributed by atoms with Crippen LogP contribution >= 0.6 is 0 Å². The molecule has 0 saturated heterocycles. The lowest BCUT2D eigenvalue weighted by Crippen LogP contribution is -1.95. The molecule has 0 aliphatic carbocycles. The Hall–Kier alpha value is -3.66. The van der Waals surface area contributed by atoms with Crippen molar-refractivity contribution in [1.82, 2.24) is 19.5 Å². The van der Waals surface area contributed by atoms with Crippen molar-refractivity contribution >= 4 is 43.6 Å². The second-order valence-electron chi connectivity index (χ2n) is 6.51. The van der Waals surface area contributed by atoms with E-state index in [9.17, 15) is 0 Å². The molecule has 6 aromatic rings. The van der Waals surface area contributed by atoms with Crippen molar-refractivity contribution in [3.05, 3.63) is 79.3 Å². The van der Waals surface area contributed by atoms with E-state index >= 15 is 0 Å². The van der Waals surface area contributed by atoms with Crippen molar-refractivity contribution in [3.63, 3.8) is 0 Å². The molecule has 6 rings (SSSR count). The van der Waals surface area contributed by atoms with Gasteiger partial charge in [0, 0.05) is 33.9 Å². The van der Waals surface area contributed by atoms with E-state index in [0.29, 0.717) is 0 Å². The summed E-state index contributed by atoms with van der Waals surface area (Å²) in [7, 11) is 0. The summed E-state index contributed by atoms with van der Waals surface area (Å²) in [5.41, 5.74) is 3.13. The van der Waals surface area contributed by atoms with Crippen LogP contribution in [0.5, 0.6) is 0 Å². The van der Waals surface area contributed by atoms with Gasteiger partial charge in [0.1, 0.15) is 11.5 Å². The van der Waals surface area contributed by atoms with Crippen molar-refractivity contribution in [1.29, 1.82) is 0 Å². The van der Waals surface area contributed by atoms with E-state index in [1.165, 1.54) is 16.2 Å². The summed E-state index contributed by atoms with van der Waals surface area (Å²) in [6, 6.07) is 21.1. The van der Waals surface area contributed by atoms with Crippen LogP contribution in [-0.2, 0) is 0 Å². The van der Waals surface area contributed by atoms with Gasteiger partial charge >= 0.3 is 0 Å². The number of aromatic amines is 1. The average Bonchev–Trinajstić information content (AvgIpc) is 3.26. The van der Waals surface area contributed by atoms with Crippen LogP contribution in [0.2, 0.25) is 0 Å². The fourth-order valence-corrected chi connectivity index (χ4v) is 3.90. The maximum atomic E-state index is 4.82. The molecule has 0 aliphatic rings. The Bertz CT molecular complexity index is 1410. The van der Waals surface area contributed by atoms with Gasteiger partial charge in [-0.3, -0.25) is 9.55 Å². The predicted molar refractivity (Wildman–Crippen MR) is 106 cm³/mol. The monoisotopic (exact) mass is 334 g/mol. The maximum Gasteiger partial charge on any atom is 0.147 e. The number of hydrogen-bond donors (Lipinski definition) is 1. The SMILES string of the molecule is c1ccc2c(c1)cnc1c2c2ccccc2n1-c1cc2ccncc2[nH]1. The third kappa shape index (κ3) is 1.73. The Morgan fingerprint density at radius 2 is 1.65 bits per heavy atom. The number of para-hydroxylation sites is 1. The number of nitrogens with zero attached hydrogens (tertiary/aromatic N) is 3. The zero-order chi connectivity index (χ0) is 17.1. The number of fused-ring (bicyclic) bond motifs is 6. The summed E-state index contributed by atoms with van der Waals surface area (Å²) in [6.45, 7) is 0. The molecule has 4 aromatic heterocycles. The number of H-pyrrole nitrogens is 1. The highest BCUT2D eigenvalue weighted by Crippen LogP contribution is 2.35. The van der Waals surface area contributed by atoms with E-state index in [2.05, 4.69) is 69.1 Å².